The molecule has 2 aliphatic heterocycles. The summed E-state index contributed by atoms with van der Waals surface area (Å²) < 4.78 is 38.5. The maximum atomic E-state index is 12.8. The molecule has 3 nitrogen and oxygen atoms in total. The first-order chi connectivity index (χ1) is 11.5. The number of anilines is 1. The molecule has 2 saturated heterocycles. The monoisotopic (exact) mass is 377 g/mol. The average molecular weight is 378 g/mol. The fraction of sp³-hybridized carbons (Fsp3) is 0.667. The van der Waals surface area contributed by atoms with Crippen LogP contribution >= 0.6 is 12.4 Å². The maximum absolute atomic E-state index is 12.8. The van der Waals surface area contributed by atoms with Crippen LogP contribution in [-0.4, -0.2) is 50.7 Å². The standard InChI is InChI=1S/C18H26F3N3.ClH/c19-18(20,21)16-4-1-5-17(13-16)24-11-9-23(10-12-24)8-6-15-3-2-7-22-14-15;/h1,4-5,13,15,22H,2-3,6-12,14H2;1H. The number of nitrogens with zero attached hydrogens (tertiary/aromatic N) is 2. The van der Waals surface area contributed by atoms with Gasteiger partial charge in [0, 0.05) is 31.9 Å². The van der Waals surface area contributed by atoms with Crippen molar-refractivity contribution >= 4 is 18.1 Å². The molecule has 0 saturated carbocycles. The Bertz CT molecular complexity index is 525. The van der Waals surface area contributed by atoms with Crippen molar-refractivity contribution in [3.63, 3.8) is 0 Å². The van der Waals surface area contributed by atoms with Crippen LogP contribution < -0.4 is 10.2 Å². The summed E-state index contributed by atoms with van der Waals surface area (Å²) in [7, 11) is 0. The first kappa shape index (κ1) is 20.3. The Morgan fingerprint density at radius 2 is 1.88 bits per heavy atom. The van der Waals surface area contributed by atoms with Crippen molar-refractivity contribution in [2.45, 2.75) is 25.4 Å². The summed E-state index contributed by atoms with van der Waals surface area (Å²) in [6.45, 7) is 6.82. The van der Waals surface area contributed by atoms with Crippen molar-refractivity contribution in [2.75, 3.05) is 50.7 Å². The van der Waals surface area contributed by atoms with Gasteiger partial charge in [0.1, 0.15) is 0 Å². The average Bonchev–Trinajstić information content (AvgIpc) is 2.61. The van der Waals surface area contributed by atoms with Crippen LogP contribution in [-0.2, 0) is 6.18 Å². The van der Waals surface area contributed by atoms with Crippen LogP contribution in [0.3, 0.4) is 0 Å². The number of hydrogen-bond donors (Lipinski definition) is 1. The quantitative estimate of drug-likeness (QED) is 0.864. The molecule has 142 valence electrons. The van der Waals surface area contributed by atoms with Gasteiger partial charge in [0.25, 0.3) is 0 Å². The Labute approximate surface area is 154 Å². The van der Waals surface area contributed by atoms with Gasteiger partial charge < -0.3 is 10.2 Å². The lowest BCUT2D eigenvalue weighted by Gasteiger charge is -2.37. The van der Waals surface area contributed by atoms with E-state index >= 15 is 0 Å². The van der Waals surface area contributed by atoms with Gasteiger partial charge in [-0.05, 0) is 63.0 Å². The van der Waals surface area contributed by atoms with E-state index in [0.717, 1.165) is 57.8 Å². The minimum Gasteiger partial charge on any atom is -0.369 e. The summed E-state index contributed by atoms with van der Waals surface area (Å²) in [6, 6.07) is 5.68. The SMILES string of the molecule is Cl.FC(F)(F)c1cccc(N2CCN(CCC3CCCNC3)CC2)c1. The molecule has 1 atom stereocenters. The number of rotatable bonds is 4. The van der Waals surface area contributed by atoms with Gasteiger partial charge >= 0.3 is 6.18 Å². The Morgan fingerprint density at radius 1 is 1.12 bits per heavy atom. The number of alkyl halides is 3. The molecule has 0 radical (unpaired) electrons. The topological polar surface area (TPSA) is 18.5 Å². The Balaban J connectivity index is 0.00000225. The second kappa shape index (κ2) is 9.10. The summed E-state index contributed by atoms with van der Waals surface area (Å²) in [5.41, 5.74) is 0.119. The van der Waals surface area contributed by atoms with Gasteiger partial charge in [-0.1, -0.05) is 6.07 Å². The van der Waals surface area contributed by atoms with Gasteiger partial charge in [0.05, 0.1) is 5.56 Å². The minimum absolute atomic E-state index is 0. The fourth-order valence-electron chi connectivity index (χ4n) is 3.64. The lowest BCUT2D eigenvalue weighted by atomic mass is 9.96. The molecule has 2 heterocycles. The highest BCUT2D eigenvalue weighted by Gasteiger charge is 2.31. The first-order valence-corrected chi connectivity index (χ1v) is 8.87. The van der Waals surface area contributed by atoms with Gasteiger partial charge in [-0.25, -0.2) is 0 Å². The highest BCUT2D eigenvalue weighted by molar-refractivity contribution is 5.85. The second-order valence-electron chi connectivity index (χ2n) is 6.88. The third-order valence-electron chi connectivity index (χ3n) is 5.16. The van der Waals surface area contributed by atoms with Gasteiger partial charge in [-0.2, -0.15) is 13.2 Å². The summed E-state index contributed by atoms with van der Waals surface area (Å²) in [6.07, 6.45) is -0.465. The number of benzene rings is 1. The number of piperazine rings is 1. The molecule has 0 aromatic heterocycles. The van der Waals surface area contributed by atoms with E-state index < -0.39 is 11.7 Å². The number of nitrogens with one attached hydrogen (secondary N) is 1. The fourth-order valence-corrected chi connectivity index (χ4v) is 3.64. The molecule has 7 heteroatoms. The number of halogens is 4. The molecule has 0 amide bonds. The smallest absolute Gasteiger partial charge is 0.369 e. The van der Waals surface area contributed by atoms with E-state index in [1.165, 1.54) is 31.4 Å². The molecule has 3 rings (SSSR count). The third-order valence-corrected chi connectivity index (χ3v) is 5.16. The summed E-state index contributed by atoms with van der Waals surface area (Å²) in [4.78, 5) is 4.51. The van der Waals surface area contributed by atoms with Crippen LogP contribution in [0.5, 0.6) is 0 Å². The maximum Gasteiger partial charge on any atom is 0.416 e. The zero-order valence-corrected chi connectivity index (χ0v) is 15.2. The van der Waals surface area contributed by atoms with E-state index in [1.54, 1.807) is 6.07 Å². The van der Waals surface area contributed by atoms with Gasteiger partial charge in [-0.15, -0.1) is 12.4 Å². The van der Waals surface area contributed by atoms with Gasteiger partial charge in [0.2, 0.25) is 0 Å². The molecular weight excluding hydrogens is 351 g/mol. The van der Waals surface area contributed by atoms with E-state index in [2.05, 4.69) is 15.1 Å². The van der Waals surface area contributed by atoms with Crippen molar-refractivity contribution in [2.24, 2.45) is 5.92 Å². The van der Waals surface area contributed by atoms with E-state index in [9.17, 15) is 13.2 Å². The molecule has 0 aliphatic carbocycles. The molecule has 0 bridgehead atoms. The van der Waals surface area contributed by atoms with Crippen molar-refractivity contribution in [1.82, 2.24) is 10.2 Å². The van der Waals surface area contributed by atoms with E-state index in [-0.39, 0.29) is 12.4 Å². The lowest BCUT2D eigenvalue weighted by molar-refractivity contribution is -0.137. The van der Waals surface area contributed by atoms with Crippen LogP contribution in [0.25, 0.3) is 0 Å². The largest absolute Gasteiger partial charge is 0.416 e. The van der Waals surface area contributed by atoms with Crippen molar-refractivity contribution in [3.8, 4) is 0 Å². The van der Waals surface area contributed by atoms with Crippen molar-refractivity contribution in [1.29, 1.82) is 0 Å². The molecule has 25 heavy (non-hydrogen) atoms. The van der Waals surface area contributed by atoms with Crippen LogP contribution in [0, 0.1) is 5.92 Å². The minimum atomic E-state index is -4.27. The van der Waals surface area contributed by atoms with Gasteiger partial charge in [0.15, 0.2) is 0 Å². The predicted molar refractivity (Wildman–Crippen MR) is 97.6 cm³/mol. The van der Waals surface area contributed by atoms with Crippen LogP contribution in [0.4, 0.5) is 18.9 Å². The summed E-state index contributed by atoms with van der Waals surface area (Å²) >= 11 is 0. The third kappa shape index (κ3) is 5.76. The molecule has 1 aromatic carbocycles. The van der Waals surface area contributed by atoms with Crippen LogP contribution in [0.15, 0.2) is 24.3 Å². The van der Waals surface area contributed by atoms with E-state index in [0.29, 0.717) is 5.69 Å². The Kier molecular flexibility index (Phi) is 7.40. The van der Waals surface area contributed by atoms with Crippen molar-refractivity contribution in [3.05, 3.63) is 29.8 Å². The zero-order chi connectivity index (χ0) is 17.0. The molecule has 2 aliphatic rings. The van der Waals surface area contributed by atoms with Crippen molar-refractivity contribution < 1.29 is 13.2 Å². The molecule has 1 aromatic rings. The Morgan fingerprint density at radius 3 is 2.52 bits per heavy atom. The number of piperidine rings is 1. The normalized spacial score (nSPS) is 22.5. The zero-order valence-electron chi connectivity index (χ0n) is 14.4. The van der Waals surface area contributed by atoms with E-state index in [4.69, 9.17) is 0 Å². The highest BCUT2D eigenvalue weighted by Crippen LogP contribution is 2.31. The second-order valence-corrected chi connectivity index (χ2v) is 6.88. The molecular formula is C18H27ClF3N3. The lowest BCUT2D eigenvalue weighted by Crippen LogP contribution is -2.47. The van der Waals surface area contributed by atoms with Crippen LogP contribution in [0.2, 0.25) is 0 Å². The Hall–Kier alpha value is -0.980. The molecule has 2 fully saturated rings. The van der Waals surface area contributed by atoms with Gasteiger partial charge in [-0.3, -0.25) is 4.90 Å². The molecule has 1 N–H and O–H groups in total. The predicted octanol–water partition coefficient (Wildman–Crippen LogP) is 3.64. The van der Waals surface area contributed by atoms with E-state index in [1.807, 2.05) is 0 Å². The number of hydrogen-bond acceptors (Lipinski definition) is 3. The first-order valence-electron chi connectivity index (χ1n) is 8.87. The molecule has 0 spiro atoms. The molecule has 1 unspecified atom stereocenters. The summed E-state index contributed by atoms with van der Waals surface area (Å²) in [5, 5.41) is 3.45. The summed E-state index contributed by atoms with van der Waals surface area (Å²) in [5.74, 6) is 0.778. The highest BCUT2D eigenvalue weighted by atomic mass is 35.5. The van der Waals surface area contributed by atoms with Crippen LogP contribution in [0.1, 0.15) is 24.8 Å².